The molecule has 1 aromatic rings. The minimum Gasteiger partial charge on any atom is -0.462 e. The summed E-state index contributed by atoms with van der Waals surface area (Å²) >= 11 is 0. The third-order valence-electron chi connectivity index (χ3n) is 18.3. The van der Waals surface area contributed by atoms with Crippen LogP contribution in [0.2, 0.25) is 0 Å². The summed E-state index contributed by atoms with van der Waals surface area (Å²) in [6, 6.07) is 8.65. The van der Waals surface area contributed by atoms with Crippen molar-refractivity contribution in [3.05, 3.63) is 35.9 Å². The lowest BCUT2D eigenvalue weighted by Crippen LogP contribution is -2.77. The molecule has 25 atom stereocenters. The van der Waals surface area contributed by atoms with Crippen molar-refractivity contribution in [3.63, 3.8) is 0 Å². The van der Waals surface area contributed by atoms with Crippen molar-refractivity contribution in [2.45, 2.75) is 221 Å². The maximum Gasteiger partial charge on any atom is 0.338 e. The van der Waals surface area contributed by atoms with Gasteiger partial charge in [-0.1, -0.05) is 45.9 Å². The fraction of sp³-hybridized carbons (Fsp3) is 0.846. The van der Waals surface area contributed by atoms with Crippen LogP contribution in [-0.2, 0) is 47.4 Å². The number of methoxy groups -OCH3 is 1. The van der Waals surface area contributed by atoms with E-state index in [0.717, 1.165) is 0 Å². The molecule has 3 heterocycles. The van der Waals surface area contributed by atoms with Gasteiger partial charge in [-0.25, -0.2) is 4.79 Å². The summed E-state index contributed by atoms with van der Waals surface area (Å²) in [4.78, 5) is 27.0. The van der Waals surface area contributed by atoms with E-state index in [1.165, 1.54) is 7.11 Å². The van der Waals surface area contributed by atoms with Crippen molar-refractivity contribution in [2.75, 3.05) is 20.3 Å². The first-order chi connectivity index (χ1) is 34.4. The molecule has 10 N–H and O–H groups in total. The number of esters is 2. The lowest BCUT2D eigenvalue weighted by atomic mass is 9.40. The molecular weight excluding hydrogens is 961 g/mol. The maximum atomic E-state index is 14.0. The van der Waals surface area contributed by atoms with Crippen LogP contribution in [0.3, 0.4) is 0 Å². The third kappa shape index (κ3) is 10.2. The average Bonchev–Trinajstić information content (AvgIpc) is 3.65. The van der Waals surface area contributed by atoms with E-state index in [1.807, 2.05) is 27.7 Å². The zero-order valence-corrected chi connectivity index (χ0v) is 42.8. The van der Waals surface area contributed by atoms with Crippen LogP contribution in [-0.4, -0.2) is 205 Å². The van der Waals surface area contributed by atoms with Gasteiger partial charge in [0.2, 0.25) is 0 Å². The quantitative estimate of drug-likeness (QED) is 0.0829. The van der Waals surface area contributed by atoms with E-state index >= 15 is 0 Å². The van der Waals surface area contributed by atoms with Crippen LogP contribution >= 0.6 is 0 Å². The summed E-state index contributed by atoms with van der Waals surface area (Å²) in [6.45, 7) is 10.1. The Morgan fingerprint density at radius 1 is 0.740 bits per heavy atom. The van der Waals surface area contributed by atoms with Crippen molar-refractivity contribution in [1.82, 2.24) is 0 Å². The van der Waals surface area contributed by atoms with E-state index in [0.29, 0.717) is 37.7 Å². The van der Waals surface area contributed by atoms with Gasteiger partial charge in [-0.3, -0.25) is 4.79 Å². The van der Waals surface area contributed by atoms with Crippen molar-refractivity contribution in [1.29, 1.82) is 0 Å². The number of hydrogen-bond donors (Lipinski definition) is 10. The van der Waals surface area contributed by atoms with E-state index in [2.05, 4.69) is 6.92 Å². The molecular formula is C52H80O21. The van der Waals surface area contributed by atoms with E-state index < -0.39 is 163 Å². The van der Waals surface area contributed by atoms with Gasteiger partial charge in [-0.05, 0) is 101 Å². The minimum absolute atomic E-state index is 0.0279. The lowest BCUT2D eigenvalue weighted by Gasteiger charge is -2.68. The van der Waals surface area contributed by atoms with Gasteiger partial charge in [0.25, 0.3) is 0 Å². The molecule has 2 unspecified atom stereocenters. The van der Waals surface area contributed by atoms with Crippen LogP contribution in [0.4, 0.5) is 0 Å². The lowest BCUT2D eigenvalue weighted by molar-refractivity contribution is -0.368. The van der Waals surface area contributed by atoms with Crippen molar-refractivity contribution >= 4 is 11.9 Å². The van der Waals surface area contributed by atoms with Gasteiger partial charge in [0, 0.05) is 24.9 Å². The van der Waals surface area contributed by atoms with E-state index in [-0.39, 0.29) is 43.5 Å². The monoisotopic (exact) mass is 1040 g/mol. The highest BCUT2D eigenvalue weighted by atomic mass is 16.8. The summed E-state index contributed by atoms with van der Waals surface area (Å²) < 4.78 is 54.0. The number of carbonyl (C=O) groups is 2. The molecule has 3 saturated heterocycles. The molecule has 73 heavy (non-hydrogen) atoms. The molecule has 1 aromatic carbocycles. The van der Waals surface area contributed by atoms with Crippen molar-refractivity contribution in [3.8, 4) is 0 Å². The second-order valence-corrected chi connectivity index (χ2v) is 22.9. The van der Waals surface area contributed by atoms with Gasteiger partial charge in [-0.15, -0.1) is 0 Å². The van der Waals surface area contributed by atoms with Gasteiger partial charge in [0.1, 0.15) is 85.0 Å². The Balaban J connectivity index is 0.942. The first-order valence-corrected chi connectivity index (χ1v) is 26.1. The molecule has 4 aliphatic carbocycles. The SMILES string of the molecule is CO[C@@H]1[C@@H](O)[C@H](O[C@H]2CC[C@]3(C)C4C[C@@H](OC(=O)c5ccccc5)[C@]5(C)[C@@H](C(C)OC(=O)CC(C)C)CC[C@]5(O)[C@]4(O)CC[C@H]3C2)O[C@H](C)[C@@H]1O[C@@H]1O[C@H](CO[C@@H]2O[C@H](CO)[C@@H](O)[C@H](O)[C@H]2O)[C@@H](O)[C@H](O)[C@H]1O. The van der Waals surface area contributed by atoms with Crippen LogP contribution in [0.1, 0.15) is 110 Å². The summed E-state index contributed by atoms with van der Waals surface area (Å²) in [5, 5.41) is 111. The predicted molar refractivity (Wildman–Crippen MR) is 251 cm³/mol. The number of benzene rings is 1. The van der Waals surface area contributed by atoms with Crippen LogP contribution in [0.15, 0.2) is 30.3 Å². The fourth-order valence-electron chi connectivity index (χ4n) is 14.2. The second-order valence-electron chi connectivity index (χ2n) is 22.9. The molecule has 0 spiro atoms. The molecule has 4 saturated carbocycles. The molecule has 3 aliphatic heterocycles. The molecule has 0 bridgehead atoms. The maximum absolute atomic E-state index is 14.0. The van der Waals surface area contributed by atoms with Crippen LogP contribution in [0.25, 0.3) is 0 Å². The zero-order chi connectivity index (χ0) is 53.1. The minimum atomic E-state index is -1.82. The van der Waals surface area contributed by atoms with Gasteiger partial charge in [-0.2, -0.15) is 0 Å². The molecule has 0 radical (unpaired) electrons. The second kappa shape index (κ2) is 22.1. The highest BCUT2D eigenvalue weighted by Crippen LogP contribution is 2.71. The Hall–Kier alpha value is -2.52. The molecule has 7 fully saturated rings. The predicted octanol–water partition coefficient (Wildman–Crippen LogP) is 0.204. The number of aliphatic hydroxyl groups is 10. The van der Waals surface area contributed by atoms with Crippen molar-refractivity contribution < 1.29 is 103 Å². The highest BCUT2D eigenvalue weighted by molar-refractivity contribution is 5.89. The Morgan fingerprint density at radius 2 is 1.38 bits per heavy atom. The first kappa shape index (κ1) is 56.7. The highest BCUT2D eigenvalue weighted by Gasteiger charge is 2.78. The zero-order valence-electron chi connectivity index (χ0n) is 42.8. The van der Waals surface area contributed by atoms with Crippen LogP contribution in [0.5, 0.6) is 0 Å². The molecule has 21 heteroatoms. The third-order valence-corrected chi connectivity index (χ3v) is 18.3. The number of fused-ring (bicyclic) bond motifs is 5. The first-order valence-electron chi connectivity index (χ1n) is 26.1. The molecule has 0 amide bonds. The standard InChI is InChI=1S/C52H80O21/c1-24(2)19-35(54)67-25(3)30-15-18-52(64)50(30,6)34(72-45(62)27-11-9-8-10-12-27)21-33-49(5)16-14-29(20-28(49)13-17-51(33,52)63)69-48-42(61)44(65-7)43(26(4)68-48)73-47-41(60)39(58)37(56)32(71-47)23-66-46-40(59)38(57)36(55)31(22-53)70-46/h8-12,24-26,28-34,36-44,46-48,53,55-61,63-64H,13-23H2,1-7H3/t25?,26-,28+,29+,30-,31-,32-,33?,34-,36-,37-,38+,39+,40-,41-,42-,43+,44-,46-,47+,48+,49+,50+,51+,52-/m1/s1. The summed E-state index contributed by atoms with van der Waals surface area (Å²) in [5.74, 6) is -1.78. The molecule has 21 nitrogen and oxygen atoms in total. The molecule has 7 aliphatic rings. The van der Waals surface area contributed by atoms with Crippen LogP contribution < -0.4 is 0 Å². The van der Waals surface area contributed by atoms with Crippen molar-refractivity contribution in [2.24, 2.45) is 34.5 Å². The summed E-state index contributed by atoms with van der Waals surface area (Å²) in [6.07, 6.45) is -20.5. The largest absolute Gasteiger partial charge is 0.462 e. The summed E-state index contributed by atoms with van der Waals surface area (Å²) in [5.41, 5.74) is -4.68. The van der Waals surface area contributed by atoms with Gasteiger partial charge >= 0.3 is 11.9 Å². The van der Waals surface area contributed by atoms with E-state index in [9.17, 15) is 60.7 Å². The molecule has 414 valence electrons. The Bertz CT molecular complexity index is 2030. The topological polar surface area (TPSA) is 320 Å². The van der Waals surface area contributed by atoms with E-state index in [4.69, 9.17) is 42.6 Å². The molecule has 0 aromatic heterocycles. The Morgan fingerprint density at radius 3 is 2.04 bits per heavy atom. The number of hydrogen-bond acceptors (Lipinski definition) is 21. The number of aliphatic hydroxyl groups excluding tert-OH is 8. The Labute approximate surface area is 425 Å². The van der Waals surface area contributed by atoms with Crippen LogP contribution in [0, 0.1) is 34.5 Å². The number of ether oxygens (including phenoxy) is 9. The van der Waals surface area contributed by atoms with Gasteiger partial charge in [0.15, 0.2) is 18.9 Å². The normalized spacial score (nSPS) is 48.2. The number of rotatable bonds is 15. The van der Waals surface area contributed by atoms with Gasteiger partial charge in [0.05, 0.1) is 36.6 Å². The fourth-order valence-corrected chi connectivity index (χ4v) is 14.2. The average molecular weight is 1040 g/mol. The van der Waals surface area contributed by atoms with Gasteiger partial charge < -0.3 is 93.7 Å². The smallest absolute Gasteiger partial charge is 0.338 e. The summed E-state index contributed by atoms with van der Waals surface area (Å²) in [7, 11) is 1.35. The Kier molecular flexibility index (Phi) is 17.1. The number of carbonyl (C=O) groups excluding carboxylic acids is 2. The van der Waals surface area contributed by atoms with E-state index in [1.54, 1.807) is 37.3 Å². The molecule has 8 rings (SSSR count).